The number of allylic oxidation sites excluding steroid dienone is 4. The highest BCUT2D eigenvalue weighted by atomic mass is 16.6. The number of unbranched alkanes of at least 4 members (excludes halogenated alkanes) is 49. The van der Waals surface area contributed by atoms with Gasteiger partial charge in [-0.1, -0.05) is 340 Å². The molecule has 0 aliphatic heterocycles. The first kappa shape index (κ1) is 73.9. The topological polar surface area (TPSA) is 78.9 Å². The molecular weight excluding hydrogens is 937 g/mol. The third-order valence-electron chi connectivity index (χ3n) is 15.7. The number of carbonyl (C=O) groups excluding carboxylic acids is 3. The molecule has 0 heterocycles. The lowest BCUT2D eigenvalue weighted by atomic mass is 10.0. The minimum absolute atomic E-state index is 0.0711. The first-order valence-electron chi connectivity index (χ1n) is 34.3. The summed E-state index contributed by atoms with van der Waals surface area (Å²) < 4.78 is 16.9. The number of esters is 3. The lowest BCUT2D eigenvalue weighted by Crippen LogP contribution is -2.30. The van der Waals surface area contributed by atoms with Gasteiger partial charge in [0.1, 0.15) is 13.2 Å². The van der Waals surface area contributed by atoms with E-state index in [9.17, 15) is 14.4 Å². The normalized spacial score (nSPS) is 12.1. The quantitative estimate of drug-likeness (QED) is 0.0261. The van der Waals surface area contributed by atoms with Gasteiger partial charge in [-0.15, -0.1) is 0 Å². The predicted molar refractivity (Wildman–Crippen MR) is 330 cm³/mol. The summed E-state index contributed by atoms with van der Waals surface area (Å²) in [4.78, 5) is 38.3. The molecule has 1 unspecified atom stereocenters. The Labute approximate surface area is 474 Å². The molecule has 0 radical (unpaired) electrons. The van der Waals surface area contributed by atoms with Gasteiger partial charge in [-0.05, 0) is 51.4 Å². The molecule has 0 aromatic heterocycles. The van der Waals surface area contributed by atoms with Crippen molar-refractivity contribution in [1.82, 2.24) is 0 Å². The summed E-state index contributed by atoms with van der Waals surface area (Å²) in [6.45, 7) is 6.68. The Hall–Kier alpha value is -2.11. The largest absolute Gasteiger partial charge is 0.462 e. The molecule has 0 aliphatic rings. The molecule has 448 valence electrons. The van der Waals surface area contributed by atoms with E-state index in [0.717, 1.165) is 77.0 Å². The maximum atomic E-state index is 12.9. The van der Waals surface area contributed by atoms with Crippen molar-refractivity contribution in [3.05, 3.63) is 24.3 Å². The Morgan fingerprint density at radius 3 is 0.737 bits per heavy atom. The van der Waals surface area contributed by atoms with Gasteiger partial charge in [-0.2, -0.15) is 0 Å². The summed E-state index contributed by atoms with van der Waals surface area (Å²) in [5.74, 6) is -0.858. The van der Waals surface area contributed by atoms with Crippen LogP contribution in [0.4, 0.5) is 0 Å². The fourth-order valence-corrected chi connectivity index (χ4v) is 10.5. The van der Waals surface area contributed by atoms with Crippen LogP contribution < -0.4 is 0 Å². The van der Waals surface area contributed by atoms with Crippen molar-refractivity contribution in [1.29, 1.82) is 0 Å². The summed E-state index contributed by atoms with van der Waals surface area (Å²) in [6.07, 6.45) is 79.3. The molecule has 0 rings (SSSR count). The molecule has 0 saturated carbocycles. The van der Waals surface area contributed by atoms with Crippen molar-refractivity contribution in [2.75, 3.05) is 13.2 Å². The van der Waals surface area contributed by atoms with Gasteiger partial charge >= 0.3 is 17.9 Å². The summed E-state index contributed by atoms with van der Waals surface area (Å²) in [7, 11) is 0. The van der Waals surface area contributed by atoms with E-state index in [4.69, 9.17) is 14.2 Å². The van der Waals surface area contributed by atoms with Gasteiger partial charge in [0.15, 0.2) is 6.10 Å². The molecule has 0 N–H and O–H groups in total. The van der Waals surface area contributed by atoms with E-state index in [1.54, 1.807) is 0 Å². The molecule has 0 fully saturated rings. The molecule has 0 amide bonds. The Morgan fingerprint density at radius 2 is 0.474 bits per heavy atom. The minimum Gasteiger partial charge on any atom is -0.462 e. The van der Waals surface area contributed by atoms with Crippen LogP contribution in [-0.2, 0) is 28.6 Å². The van der Waals surface area contributed by atoms with E-state index < -0.39 is 6.10 Å². The van der Waals surface area contributed by atoms with Crippen molar-refractivity contribution >= 4 is 17.9 Å². The van der Waals surface area contributed by atoms with Crippen molar-refractivity contribution < 1.29 is 28.6 Å². The fraction of sp³-hybridized carbons (Fsp3) is 0.900. The van der Waals surface area contributed by atoms with Gasteiger partial charge in [-0.3, -0.25) is 14.4 Å². The monoisotopic (exact) mass is 1070 g/mol. The third-order valence-corrected chi connectivity index (χ3v) is 15.7. The number of hydrogen-bond acceptors (Lipinski definition) is 6. The van der Waals surface area contributed by atoms with E-state index in [-0.39, 0.29) is 31.1 Å². The van der Waals surface area contributed by atoms with Crippen LogP contribution in [0.3, 0.4) is 0 Å². The summed E-state index contributed by atoms with van der Waals surface area (Å²) in [6, 6.07) is 0. The second-order valence-corrected chi connectivity index (χ2v) is 23.5. The zero-order valence-electron chi connectivity index (χ0n) is 51.6. The van der Waals surface area contributed by atoms with E-state index >= 15 is 0 Å². The third kappa shape index (κ3) is 62.7. The highest BCUT2D eigenvalue weighted by molar-refractivity contribution is 5.71. The minimum atomic E-state index is -0.775. The average molecular weight is 1070 g/mol. The molecule has 6 nitrogen and oxygen atoms in total. The van der Waals surface area contributed by atoms with Crippen molar-refractivity contribution in [2.45, 2.75) is 393 Å². The van der Waals surface area contributed by atoms with E-state index in [1.807, 2.05) is 0 Å². The average Bonchev–Trinajstić information content (AvgIpc) is 3.42. The van der Waals surface area contributed by atoms with Crippen LogP contribution in [0.2, 0.25) is 0 Å². The van der Waals surface area contributed by atoms with Crippen LogP contribution in [0.5, 0.6) is 0 Å². The van der Waals surface area contributed by atoms with Crippen LogP contribution in [0.15, 0.2) is 24.3 Å². The maximum Gasteiger partial charge on any atom is 0.306 e. The van der Waals surface area contributed by atoms with Gasteiger partial charge in [0, 0.05) is 19.3 Å². The van der Waals surface area contributed by atoms with E-state index in [2.05, 4.69) is 45.1 Å². The number of hydrogen-bond donors (Lipinski definition) is 0. The molecule has 0 aromatic rings. The highest BCUT2D eigenvalue weighted by Crippen LogP contribution is 2.19. The molecule has 0 aliphatic carbocycles. The smallest absolute Gasteiger partial charge is 0.306 e. The van der Waals surface area contributed by atoms with Crippen LogP contribution in [0.1, 0.15) is 387 Å². The molecular formula is C70H132O6. The Balaban J connectivity index is 4.11. The Morgan fingerprint density at radius 1 is 0.263 bits per heavy atom. The molecule has 1 atom stereocenters. The van der Waals surface area contributed by atoms with Gasteiger partial charge in [-0.25, -0.2) is 0 Å². The molecule has 0 spiro atoms. The van der Waals surface area contributed by atoms with Gasteiger partial charge in [0.05, 0.1) is 0 Å². The van der Waals surface area contributed by atoms with Crippen molar-refractivity contribution in [3.8, 4) is 0 Å². The molecule has 0 saturated heterocycles. The summed E-state index contributed by atoms with van der Waals surface area (Å²) in [5, 5.41) is 0. The molecule has 0 aromatic carbocycles. The van der Waals surface area contributed by atoms with Crippen LogP contribution in [-0.4, -0.2) is 37.2 Å². The standard InChI is InChI=1S/C70H132O6/c1-4-7-10-13-16-19-22-25-27-29-30-31-32-33-34-35-36-37-38-39-40-41-42-44-45-48-51-54-57-60-63-69(72)75-66-67(65-74-68(71)62-59-56-53-50-47-24-21-18-15-12-9-6-3)76-70(73)64-61-58-55-52-49-46-43-28-26-23-20-17-14-11-8-5-2/h20,23,28,43,67H,4-19,21-22,24-27,29-42,44-66H2,1-3H3/b23-20-,43-28-. The SMILES string of the molecule is CCCCCC/C=C\C/C=C\CCCCCCCC(=O)OC(COC(=O)CCCCCCCCCCCCCC)COC(=O)CCCCCCCCCCCCCCCCCCCCCCCCCCCCCCCC. The zero-order chi connectivity index (χ0) is 55.0. The fourth-order valence-electron chi connectivity index (χ4n) is 10.5. The van der Waals surface area contributed by atoms with Crippen LogP contribution in [0.25, 0.3) is 0 Å². The molecule has 0 bridgehead atoms. The van der Waals surface area contributed by atoms with E-state index in [1.165, 1.54) is 270 Å². The van der Waals surface area contributed by atoms with Crippen LogP contribution in [0, 0.1) is 0 Å². The molecule has 76 heavy (non-hydrogen) atoms. The number of carbonyl (C=O) groups is 3. The maximum absolute atomic E-state index is 12.9. The first-order chi connectivity index (χ1) is 37.5. The van der Waals surface area contributed by atoms with Crippen molar-refractivity contribution in [2.24, 2.45) is 0 Å². The Bertz CT molecular complexity index is 1230. The molecule has 6 heteroatoms. The van der Waals surface area contributed by atoms with Gasteiger partial charge in [0.25, 0.3) is 0 Å². The summed E-state index contributed by atoms with van der Waals surface area (Å²) in [5.41, 5.74) is 0. The van der Waals surface area contributed by atoms with E-state index in [0.29, 0.717) is 19.3 Å². The summed E-state index contributed by atoms with van der Waals surface area (Å²) >= 11 is 0. The Kier molecular flexibility index (Phi) is 63.6. The number of ether oxygens (including phenoxy) is 3. The lowest BCUT2D eigenvalue weighted by Gasteiger charge is -2.18. The van der Waals surface area contributed by atoms with Crippen LogP contribution >= 0.6 is 0 Å². The first-order valence-corrected chi connectivity index (χ1v) is 34.3. The van der Waals surface area contributed by atoms with Crippen molar-refractivity contribution in [3.63, 3.8) is 0 Å². The predicted octanol–water partition coefficient (Wildman–Crippen LogP) is 23.4. The highest BCUT2D eigenvalue weighted by Gasteiger charge is 2.19. The van der Waals surface area contributed by atoms with Gasteiger partial charge in [0.2, 0.25) is 0 Å². The van der Waals surface area contributed by atoms with Gasteiger partial charge < -0.3 is 14.2 Å². The second kappa shape index (κ2) is 65.4. The second-order valence-electron chi connectivity index (χ2n) is 23.5. The number of rotatable bonds is 64. The zero-order valence-corrected chi connectivity index (χ0v) is 51.6. The lowest BCUT2D eigenvalue weighted by molar-refractivity contribution is -0.167.